The molecule has 1 N–H and O–H groups in total. The van der Waals surface area contributed by atoms with E-state index in [2.05, 4.69) is 24.4 Å². The number of rotatable bonds is 4. The lowest BCUT2D eigenvalue weighted by atomic mass is 10.2. The number of imidazole rings is 2. The van der Waals surface area contributed by atoms with Gasteiger partial charge in [0.05, 0.1) is 31.2 Å². The Morgan fingerprint density at radius 2 is 2.33 bits per heavy atom. The summed E-state index contributed by atoms with van der Waals surface area (Å²) in [5.74, 6) is 0. The fourth-order valence-corrected chi connectivity index (χ4v) is 2.18. The predicted octanol–water partition coefficient (Wildman–Crippen LogP) is 0.441. The maximum Gasteiger partial charge on any atom is 0.111 e. The molecule has 1 fully saturated rings. The molecular formula is C12H17N5O. The Labute approximate surface area is 106 Å². The van der Waals surface area contributed by atoms with Gasteiger partial charge < -0.3 is 19.2 Å². The van der Waals surface area contributed by atoms with E-state index in [1.165, 1.54) is 0 Å². The first-order chi connectivity index (χ1) is 8.93. The third kappa shape index (κ3) is 2.44. The minimum atomic E-state index is 0.115. The summed E-state index contributed by atoms with van der Waals surface area (Å²) >= 11 is 0. The number of hydrogen-bond acceptors (Lipinski definition) is 4. The van der Waals surface area contributed by atoms with E-state index in [1.54, 1.807) is 6.20 Å². The molecule has 0 amide bonds. The molecule has 0 bridgehead atoms. The van der Waals surface area contributed by atoms with Crippen molar-refractivity contribution < 1.29 is 4.74 Å². The SMILES string of the molecule is c1cn(CCn2cncc2C2CNCCO2)cn1. The van der Waals surface area contributed by atoms with Crippen LogP contribution in [0.15, 0.2) is 31.2 Å². The molecule has 1 saturated heterocycles. The first-order valence-electron chi connectivity index (χ1n) is 6.21. The van der Waals surface area contributed by atoms with Gasteiger partial charge in [-0.1, -0.05) is 0 Å². The molecule has 0 aliphatic carbocycles. The molecule has 0 saturated carbocycles. The van der Waals surface area contributed by atoms with Gasteiger partial charge >= 0.3 is 0 Å². The number of aryl methyl sites for hydroxylation is 2. The molecule has 0 aromatic carbocycles. The summed E-state index contributed by atoms with van der Waals surface area (Å²) in [6.07, 6.45) is 9.47. The lowest BCUT2D eigenvalue weighted by molar-refractivity contribution is 0.0227. The van der Waals surface area contributed by atoms with Gasteiger partial charge in [0.25, 0.3) is 0 Å². The van der Waals surface area contributed by atoms with Gasteiger partial charge in [0.15, 0.2) is 0 Å². The fraction of sp³-hybridized carbons (Fsp3) is 0.500. The Bertz CT molecular complexity index is 472. The Kier molecular flexibility index (Phi) is 3.38. The van der Waals surface area contributed by atoms with Gasteiger partial charge in [-0.15, -0.1) is 0 Å². The minimum absolute atomic E-state index is 0.115. The van der Waals surface area contributed by atoms with E-state index in [0.717, 1.165) is 38.5 Å². The second-order valence-corrected chi connectivity index (χ2v) is 4.38. The van der Waals surface area contributed by atoms with Crippen molar-refractivity contribution in [3.63, 3.8) is 0 Å². The van der Waals surface area contributed by atoms with Crippen molar-refractivity contribution in [2.24, 2.45) is 0 Å². The van der Waals surface area contributed by atoms with E-state index in [9.17, 15) is 0 Å². The van der Waals surface area contributed by atoms with Gasteiger partial charge in [0.2, 0.25) is 0 Å². The van der Waals surface area contributed by atoms with E-state index in [1.807, 2.05) is 25.0 Å². The van der Waals surface area contributed by atoms with Crippen molar-refractivity contribution in [2.45, 2.75) is 19.2 Å². The van der Waals surface area contributed by atoms with Crippen molar-refractivity contribution in [3.8, 4) is 0 Å². The van der Waals surface area contributed by atoms with Crippen LogP contribution in [0.25, 0.3) is 0 Å². The zero-order valence-corrected chi connectivity index (χ0v) is 10.2. The largest absolute Gasteiger partial charge is 0.369 e. The van der Waals surface area contributed by atoms with Crippen LogP contribution in [0.3, 0.4) is 0 Å². The third-order valence-electron chi connectivity index (χ3n) is 3.16. The molecule has 1 unspecified atom stereocenters. The minimum Gasteiger partial charge on any atom is -0.369 e. The highest BCUT2D eigenvalue weighted by molar-refractivity contribution is 5.04. The van der Waals surface area contributed by atoms with Gasteiger partial charge in [-0.05, 0) is 0 Å². The number of ether oxygens (including phenoxy) is 1. The summed E-state index contributed by atoms with van der Waals surface area (Å²) in [7, 11) is 0. The highest BCUT2D eigenvalue weighted by Crippen LogP contribution is 2.18. The molecular weight excluding hydrogens is 230 g/mol. The zero-order chi connectivity index (χ0) is 12.2. The van der Waals surface area contributed by atoms with Crippen LogP contribution in [0.4, 0.5) is 0 Å². The summed E-state index contributed by atoms with van der Waals surface area (Å²) in [4.78, 5) is 8.27. The number of hydrogen-bond donors (Lipinski definition) is 1. The predicted molar refractivity (Wildman–Crippen MR) is 66.0 cm³/mol. The molecule has 2 aromatic heterocycles. The molecule has 1 aliphatic rings. The third-order valence-corrected chi connectivity index (χ3v) is 3.16. The number of morpholine rings is 1. The van der Waals surface area contributed by atoms with Crippen LogP contribution < -0.4 is 5.32 Å². The lowest BCUT2D eigenvalue weighted by Crippen LogP contribution is -2.34. The molecule has 96 valence electrons. The summed E-state index contributed by atoms with van der Waals surface area (Å²) < 4.78 is 9.97. The van der Waals surface area contributed by atoms with Crippen molar-refractivity contribution in [1.29, 1.82) is 0 Å². The van der Waals surface area contributed by atoms with Crippen molar-refractivity contribution >= 4 is 0 Å². The van der Waals surface area contributed by atoms with E-state index in [0.29, 0.717) is 0 Å². The molecule has 1 atom stereocenters. The molecule has 2 aromatic rings. The summed E-state index contributed by atoms with van der Waals surface area (Å²) in [5.41, 5.74) is 1.14. The van der Waals surface area contributed by atoms with Gasteiger partial charge in [0, 0.05) is 38.6 Å². The second-order valence-electron chi connectivity index (χ2n) is 4.38. The molecule has 18 heavy (non-hydrogen) atoms. The van der Waals surface area contributed by atoms with Crippen LogP contribution in [0.1, 0.15) is 11.8 Å². The average Bonchev–Trinajstić information content (AvgIpc) is 3.09. The van der Waals surface area contributed by atoms with E-state index in [-0.39, 0.29) is 6.10 Å². The van der Waals surface area contributed by atoms with Crippen molar-refractivity contribution in [1.82, 2.24) is 24.4 Å². The summed E-state index contributed by atoms with van der Waals surface area (Å²) in [5, 5.41) is 3.34. The van der Waals surface area contributed by atoms with Crippen LogP contribution in [-0.2, 0) is 17.8 Å². The Balaban J connectivity index is 1.67. The molecule has 6 heteroatoms. The van der Waals surface area contributed by atoms with E-state index < -0.39 is 0 Å². The number of nitrogens with zero attached hydrogens (tertiary/aromatic N) is 4. The monoisotopic (exact) mass is 247 g/mol. The van der Waals surface area contributed by atoms with Gasteiger partial charge in [0.1, 0.15) is 6.10 Å². The first-order valence-corrected chi connectivity index (χ1v) is 6.21. The molecule has 6 nitrogen and oxygen atoms in total. The number of aromatic nitrogens is 4. The molecule has 1 aliphatic heterocycles. The van der Waals surface area contributed by atoms with E-state index in [4.69, 9.17) is 4.74 Å². The first kappa shape index (κ1) is 11.4. The Morgan fingerprint density at radius 1 is 1.33 bits per heavy atom. The zero-order valence-electron chi connectivity index (χ0n) is 10.2. The van der Waals surface area contributed by atoms with Gasteiger partial charge in [-0.2, -0.15) is 0 Å². The van der Waals surface area contributed by atoms with Crippen LogP contribution in [0.2, 0.25) is 0 Å². The molecule has 0 radical (unpaired) electrons. The van der Waals surface area contributed by atoms with Crippen molar-refractivity contribution in [3.05, 3.63) is 36.9 Å². The highest BCUT2D eigenvalue weighted by atomic mass is 16.5. The van der Waals surface area contributed by atoms with Crippen molar-refractivity contribution in [2.75, 3.05) is 19.7 Å². The van der Waals surface area contributed by atoms with Crippen LogP contribution in [0.5, 0.6) is 0 Å². The number of nitrogens with one attached hydrogen (secondary N) is 1. The second kappa shape index (κ2) is 5.32. The smallest absolute Gasteiger partial charge is 0.111 e. The highest BCUT2D eigenvalue weighted by Gasteiger charge is 2.19. The quantitative estimate of drug-likeness (QED) is 0.852. The van der Waals surface area contributed by atoms with Crippen LogP contribution >= 0.6 is 0 Å². The summed E-state index contributed by atoms with van der Waals surface area (Å²) in [6, 6.07) is 0. The Hall–Kier alpha value is -1.66. The van der Waals surface area contributed by atoms with E-state index >= 15 is 0 Å². The van der Waals surface area contributed by atoms with Crippen LogP contribution in [-0.4, -0.2) is 38.8 Å². The fourth-order valence-electron chi connectivity index (χ4n) is 2.18. The Morgan fingerprint density at radius 3 is 3.11 bits per heavy atom. The molecule has 3 rings (SSSR count). The standard InChI is InChI=1S/C12H17N5O/c1-3-16(9-14-1)4-5-17-10-15-7-11(17)12-8-13-2-6-18-12/h1,3,7,9-10,12-13H,2,4-6,8H2. The maximum absolute atomic E-state index is 5.76. The molecule has 0 spiro atoms. The summed E-state index contributed by atoms with van der Waals surface area (Å²) in [6.45, 7) is 4.32. The normalized spacial score (nSPS) is 20.1. The molecule has 3 heterocycles. The average molecular weight is 247 g/mol. The maximum atomic E-state index is 5.76. The topological polar surface area (TPSA) is 56.9 Å². The van der Waals surface area contributed by atoms with Gasteiger partial charge in [-0.25, -0.2) is 9.97 Å². The van der Waals surface area contributed by atoms with Crippen LogP contribution in [0, 0.1) is 0 Å². The van der Waals surface area contributed by atoms with Gasteiger partial charge in [-0.3, -0.25) is 0 Å². The lowest BCUT2D eigenvalue weighted by Gasteiger charge is -2.24.